The number of hydrogen-bond acceptors (Lipinski definition) is 2. The molecule has 0 saturated carbocycles. The standard InChI is InChI=1S/C17H28N2/c1-12-9-14(3)15(4)19(10-12)11-17(18)16-8-6-5-7-13(16)2/h5-8,12,14-15,17H,9-11,18H2,1-4H3. The van der Waals surface area contributed by atoms with Gasteiger partial charge in [0.1, 0.15) is 0 Å². The van der Waals surface area contributed by atoms with Crippen molar-refractivity contribution < 1.29 is 0 Å². The van der Waals surface area contributed by atoms with Crippen molar-refractivity contribution in [1.29, 1.82) is 0 Å². The van der Waals surface area contributed by atoms with E-state index in [1.165, 1.54) is 24.1 Å². The monoisotopic (exact) mass is 260 g/mol. The lowest BCUT2D eigenvalue weighted by molar-refractivity contribution is 0.0741. The van der Waals surface area contributed by atoms with Gasteiger partial charge in [-0.15, -0.1) is 0 Å². The van der Waals surface area contributed by atoms with Gasteiger partial charge in [0.2, 0.25) is 0 Å². The maximum Gasteiger partial charge on any atom is 0.0427 e. The van der Waals surface area contributed by atoms with E-state index in [2.05, 4.69) is 56.9 Å². The van der Waals surface area contributed by atoms with Crippen LogP contribution in [-0.4, -0.2) is 24.0 Å². The Labute approximate surface area is 118 Å². The molecule has 0 bridgehead atoms. The summed E-state index contributed by atoms with van der Waals surface area (Å²) in [6.07, 6.45) is 1.34. The highest BCUT2D eigenvalue weighted by atomic mass is 15.2. The van der Waals surface area contributed by atoms with Crippen LogP contribution in [0.4, 0.5) is 0 Å². The van der Waals surface area contributed by atoms with Crippen molar-refractivity contribution in [1.82, 2.24) is 4.90 Å². The van der Waals surface area contributed by atoms with E-state index in [0.29, 0.717) is 6.04 Å². The van der Waals surface area contributed by atoms with Gasteiger partial charge in [0.25, 0.3) is 0 Å². The number of piperidine rings is 1. The number of nitrogens with zero attached hydrogens (tertiary/aromatic N) is 1. The van der Waals surface area contributed by atoms with Gasteiger partial charge in [0.15, 0.2) is 0 Å². The van der Waals surface area contributed by atoms with Gasteiger partial charge >= 0.3 is 0 Å². The lowest BCUT2D eigenvalue weighted by Gasteiger charge is -2.42. The molecule has 1 aliphatic heterocycles. The molecule has 1 aromatic rings. The second kappa shape index (κ2) is 6.06. The van der Waals surface area contributed by atoms with Crippen LogP contribution in [0.25, 0.3) is 0 Å². The number of benzene rings is 1. The van der Waals surface area contributed by atoms with Gasteiger partial charge in [-0.25, -0.2) is 0 Å². The summed E-state index contributed by atoms with van der Waals surface area (Å²) in [5.41, 5.74) is 9.04. The molecule has 1 heterocycles. The third-order valence-corrected chi connectivity index (χ3v) is 4.74. The molecule has 2 nitrogen and oxygen atoms in total. The van der Waals surface area contributed by atoms with Crippen LogP contribution in [-0.2, 0) is 0 Å². The Hall–Kier alpha value is -0.860. The van der Waals surface area contributed by atoms with E-state index in [1.807, 2.05) is 0 Å². The number of aryl methyl sites for hydroxylation is 1. The van der Waals surface area contributed by atoms with Crippen LogP contribution in [0.1, 0.15) is 44.4 Å². The maximum atomic E-state index is 6.44. The number of likely N-dealkylation sites (tertiary alicyclic amines) is 1. The van der Waals surface area contributed by atoms with Crippen molar-refractivity contribution in [3.63, 3.8) is 0 Å². The first-order valence-electron chi connectivity index (χ1n) is 7.54. The number of nitrogens with two attached hydrogens (primary N) is 1. The van der Waals surface area contributed by atoms with E-state index >= 15 is 0 Å². The van der Waals surface area contributed by atoms with Crippen molar-refractivity contribution in [3.8, 4) is 0 Å². The van der Waals surface area contributed by atoms with E-state index in [0.717, 1.165) is 18.4 Å². The first-order chi connectivity index (χ1) is 8.99. The summed E-state index contributed by atoms with van der Waals surface area (Å²) in [6, 6.07) is 9.26. The predicted molar refractivity (Wildman–Crippen MR) is 82.1 cm³/mol. The Kier molecular flexibility index (Phi) is 4.64. The second-order valence-corrected chi connectivity index (χ2v) is 6.48. The normalized spacial score (nSPS) is 30.3. The lowest BCUT2D eigenvalue weighted by atomic mass is 9.85. The van der Waals surface area contributed by atoms with Crippen LogP contribution in [0.5, 0.6) is 0 Å². The van der Waals surface area contributed by atoms with Gasteiger partial charge in [-0.3, -0.25) is 4.90 Å². The summed E-state index contributed by atoms with van der Waals surface area (Å²) in [7, 11) is 0. The molecule has 1 saturated heterocycles. The molecule has 0 spiro atoms. The van der Waals surface area contributed by atoms with E-state index in [-0.39, 0.29) is 6.04 Å². The predicted octanol–water partition coefficient (Wildman–Crippen LogP) is 3.36. The second-order valence-electron chi connectivity index (χ2n) is 6.48. The first kappa shape index (κ1) is 14.5. The average molecular weight is 260 g/mol. The zero-order valence-corrected chi connectivity index (χ0v) is 12.8. The Balaban J connectivity index is 2.06. The molecule has 106 valence electrons. The quantitative estimate of drug-likeness (QED) is 0.903. The minimum Gasteiger partial charge on any atom is -0.323 e. The van der Waals surface area contributed by atoms with Crippen molar-refractivity contribution in [2.24, 2.45) is 17.6 Å². The van der Waals surface area contributed by atoms with E-state index in [9.17, 15) is 0 Å². The van der Waals surface area contributed by atoms with Gasteiger partial charge in [-0.05, 0) is 43.2 Å². The smallest absolute Gasteiger partial charge is 0.0427 e. The molecule has 2 rings (SSSR count). The Morgan fingerprint density at radius 1 is 1.26 bits per heavy atom. The molecule has 0 amide bonds. The van der Waals surface area contributed by atoms with E-state index < -0.39 is 0 Å². The largest absolute Gasteiger partial charge is 0.323 e. The van der Waals surface area contributed by atoms with Crippen molar-refractivity contribution in [2.45, 2.75) is 46.2 Å². The molecule has 1 fully saturated rings. The molecule has 4 unspecified atom stereocenters. The molecule has 4 atom stereocenters. The lowest BCUT2D eigenvalue weighted by Crippen LogP contribution is -2.48. The fourth-order valence-electron chi connectivity index (χ4n) is 3.43. The van der Waals surface area contributed by atoms with Crippen molar-refractivity contribution in [2.75, 3.05) is 13.1 Å². The van der Waals surface area contributed by atoms with Crippen LogP contribution in [0.3, 0.4) is 0 Å². The van der Waals surface area contributed by atoms with Crippen molar-refractivity contribution in [3.05, 3.63) is 35.4 Å². The highest BCUT2D eigenvalue weighted by molar-refractivity contribution is 5.28. The SMILES string of the molecule is Cc1ccccc1C(N)CN1CC(C)CC(C)C1C. The highest BCUT2D eigenvalue weighted by Crippen LogP contribution is 2.28. The van der Waals surface area contributed by atoms with Crippen LogP contribution < -0.4 is 5.73 Å². The van der Waals surface area contributed by atoms with Crippen LogP contribution >= 0.6 is 0 Å². The number of hydrogen-bond donors (Lipinski definition) is 1. The molecule has 19 heavy (non-hydrogen) atoms. The Bertz CT molecular complexity index is 415. The fraction of sp³-hybridized carbons (Fsp3) is 0.647. The molecular weight excluding hydrogens is 232 g/mol. The molecule has 2 heteroatoms. The summed E-state index contributed by atoms with van der Waals surface area (Å²) >= 11 is 0. The molecule has 0 radical (unpaired) electrons. The summed E-state index contributed by atoms with van der Waals surface area (Å²) in [5, 5.41) is 0. The molecule has 0 aliphatic carbocycles. The van der Waals surface area contributed by atoms with Gasteiger partial charge in [0, 0.05) is 25.2 Å². The topological polar surface area (TPSA) is 29.3 Å². The van der Waals surface area contributed by atoms with Gasteiger partial charge < -0.3 is 5.73 Å². The third-order valence-electron chi connectivity index (χ3n) is 4.74. The van der Waals surface area contributed by atoms with Crippen LogP contribution in [0, 0.1) is 18.8 Å². The summed E-state index contributed by atoms with van der Waals surface area (Å²) in [4.78, 5) is 2.58. The van der Waals surface area contributed by atoms with Gasteiger partial charge in [0.05, 0.1) is 0 Å². The number of rotatable bonds is 3. The summed E-state index contributed by atoms with van der Waals surface area (Å²) in [5.74, 6) is 1.56. The summed E-state index contributed by atoms with van der Waals surface area (Å²) in [6.45, 7) is 11.4. The molecule has 1 aromatic carbocycles. The minimum absolute atomic E-state index is 0.126. The van der Waals surface area contributed by atoms with Crippen molar-refractivity contribution >= 4 is 0 Å². The highest BCUT2D eigenvalue weighted by Gasteiger charge is 2.29. The van der Waals surface area contributed by atoms with E-state index in [4.69, 9.17) is 5.73 Å². The molecular formula is C17H28N2. The average Bonchev–Trinajstić information content (AvgIpc) is 2.35. The minimum atomic E-state index is 0.126. The Morgan fingerprint density at radius 3 is 2.63 bits per heavy atom. The summed E-state index contributed by atoms with van der Waals surface area (Å²) < 4.78 is 0. The third kappa shape index (κ3) is 3.37. The molecule has 1 aliphatic rings. The van der Waals surface area contributed by atoms with Crippen LogP contribution in [0.15, 0.2) is 24.3 Å². The van der Waals surface area contributed by atoms with Gasteiger partial charge in [-0.2, -0.15) is 0 Å². The Morgan fingerprint density at radius 2 is 1.95 bits per heavy atom. The first-order valence-corrected chi connectivity index (χ1v) is 7.54. The van der Waals surface area contributed by atoms with Crippen LogP contribution in [0.2, 0.25) is 0 Å². The van der Waals surface area contributed by atoms with E-state index in [1.54, 1.807) is 0 Å². The zero-order valence-electron chi connectivity index (χ0n) is 12.8. The maximum absolute atomic E-state index is 6.44. The zero-order chi connectivity index (χ0) is 14.0. The fourth-order valence-corrected chi connectivity index (χ4v) is 3.43. The molecule has 2 N–H and O–H groups in total. The van der Waals surface area contributed by atoms with Gasteiger partial charge in [-0.1, -0.05) is 38.1 Å². The molecule has 0 aromatic heterocycles.